The maximum Gasteiger partial charge on any atom is 0.151 e. The van der Waals surface area contributed by atoms with Crippen LogP contribution < -0.4 is 0 Å². The lowest BCUT2D eigenvalue weighted by Crippen LogP contribution is -1.88. The molecule has 0 spiro atoms. The van der Waals surface area contributed by atoms with Crippen LogP contribution in [0.1, 0.15) is 10.4 Å². The van der Waals surface area contributed by atoms with Gasteiger partial charge >= 0.3 is 0 Å². The molecule has 0 saturated carbocycles. The van der Waals surface area contributed by atoms with E-state index in [4.69, 9.17) is 0 Å². The van der Waals surface area contributed by atoms with E-state index in [1.54, 1.807) is 24.8 Å². The Kier molecular flexibility index (Phi) is 1.83. The van der Waals surface area contributed by atoms with E-state index < -0.39 is 0 Å². The summed E-state index contributed by atoms with van der Waals surface area (Å²) >= 11 is 0. The first-order chi connectivity index (χ1) is 7.88. The van der Waals surface area contributed by atoms with Crippen molar-refractivity contribution >= 4 is 11.8 Å². The highest BCUT2D eigenvalue weighted by molar-refractivity contribution is 5.84. The Bertz CT molecular complexity index is 639. The van der Waals surface area contributed by atoms with Gasteiger partial charge in [-0.25, -0.2) is 0 Å². The smallest absolute Gasteiger partial charge is 0.151 e. The molecule has 5 heteroatoms. The predicted molar refractivity (Wildman–Crippen MR) is 58.2 cm³/mol. The van der Waals surface area contributed by atoms with E-state index in [0.717, 1.165) is 23.1 Å². The summed E-state index contributed by atoms with van der Waals surface area (Å²) in [6, 6.07) is 1.81. The number of H-pyrrole nitrogens is 1. The first-order valence-electron chi connectivity index (χ1n) is 4.79. The molecule has 5 nitrogen and oxygen atoms in total. The van der Waals surface area contributed by atoms with Crippen LogP contribution in [0.5, 0.6) is 0 Å². The van der Waals surface area contributed by atoms with E-state index in [2.05, 4.69) is 15.2 Å². The second-order valence-electron chi connectivity index (χ2n) is 3.45. The molecular formula is C11H8N4O. The molecule has 0 aromatic carbocycles. The van der Waals surface area contributed by atoms with E-state index in [1.165, 1.54) is 0 Å². The minimum atomic E-state index is 0.637. The maximum absolute atomic E-state index is 10.7. The molecule has 0 aliphatic heterocycles. The van der Waals surface area contributed by atoms with Crippen LogP contribution in [0.2, 0.25) is 0 Å². The van der Waals surface area contributed by atoms with Crippen LogP contribution >= 0.6 is 0 Å². The zero-order chi connectivity index (χ0) is 11.0. The Morgan fingerprint density at radius 2 is 2.38 bits per heavy atom. The third-order valence-electron chi connectivity index (χ3n) is 2.45. The van der Waals surface area contributed by atoms with Crippen molar-refractivity contribution < 1.29 is 4.79 Å². The fraction of sp³-hybridized carbons (Fsp3) is 0. The second kappa shape index (κ2) is 3.30. The minimum absolute atomic E-state index is 0.637. The summed E-state index contributed by atoms with van der Waals surface area (Å²) < 4.78 is 1.87. The van der Waals surface area contributed by atoms with Crippen LogP contribution in [-0.4, -0.2) is 25.9 Å². The highest BCUT2D eigenvalue weighted by Crippen LogP contribution is 2.22. The fourth-order valence-electron chi connectivity index (χ4n) is 1.73. The molecule has 0 atom stereocenters. The normalized spacial score (nSPS) is 10.8. The van der Waals surface area contributed by atoms with Gasteiger partial charge in [0, 0.05) is 35.9 Å². The summed E-state index contributed by atoms with van der Waals surface area (Å²) in [5, 5.41) is 6.63. The maximum atomic E-state index is 10.7. The van der Waals surface area contributed by atoms with Gasteiger partial charge in [0.2, 0.25) is 0 Å². The highest BCUT2D eigenvalue weighted by Gasteiger charge is 2.07. The van der Waals surface area contributed by atoms with Gasteiger partial charge in [-0.05, 0) is 6.07 Å². The van der Waals surface area contributed by atoms with Gasteiger partial charge < -0.3 is 4.40 Å². The van der Waals surface area contributed by atoms with Gasteiger partial charge in [-0.3, -0.25) is 14.9 Å². The molecule has 0 radical (unpaired) electrons. The fourth-order valence-corrected chi connectivity index (χ4v) is 1.73. The van der Waals surface area contributed by atoms with Gasteiger partial charge in [0.15, 0.2) is 6.29 Å². The summed E-state index contributed by atoms with van der Waals surface area (Å²) in [6.45, 7) is 0. The summed E-state index contributed by atoms with van der Waals surface area (Å²) in [5.74, 6) is 0. The van der Waals surface area contributed by atoms with Gasteiger partial charge in [0.1, 0.15) is 0 Å². The summed E-state index contributed by atoms with van der Waals surface area (Å²) in [5.41, 5.74) is 3.24. The van der Waals surface area contributed by atoms with Crippen LogP contribution in [0.25, 0.3) is 16.8 Å². The van der Waals surface area contributed by atoms with Crippen LogP contribution in [0.3, 0.4) is 0 Å². The Hall–Kier alpha value is -2.43. The summed E-state index contributed by atoms with van der Waals surface area (Å²) in [7, 11) is 0. The average Bonchev–Trinajstić information content (AvgIpc) is 2.97. The van der Waals surface area contributed by atoms with Crippen LogP contribution in [0.15, 0.2) is 37.1 Å². The van der Waals surface area contributed by atoms with Crippen molar-refractivity contribution in [3.05, 3.63) is 42.6 Å². The Labute approximate surface area is 90.8 Å². The minimum Gasteiger partial charge on any atom is -0.320 e. The van der Waals surface area contributed by atoms with E-state index in [-0.39, 0.29) is 0 Å². The number of aromatic amines is 1. The van der Waals surface area contributed by atoms with Gasteiger partial charge in [0.05, 0.1) is 17.4 Å². The lowest BCUT2D eigenvalue weighted by Gasteiger charge is -1.99. The monoisotopic (exact) mass is 212 g/mol. The van der Waals surface area contributed by atoms with Crippen molar-refractivity contribution in [1.82, 2.24) is 19.6 Å². The largest absolute Gasteiger partial charge is 0.320 e. The number of carbonyl (C=O) groups is 1. The highest BCUT2D eigenvalue weighted by atomic mass is 16.1. The number of carbonyl (C=O) groups excluding carboxylic acids is 1. The number of aldehydes is 1. The molecule has 0 fully saturated rings. The number of aromatic nitrogens is 4. The molecule has 3 aromatic heterocycles. The molecule has 0 aliphatic rings. The number of rotatable bonds is 2. The van der Waals surface area contributed by atoms with Crippen molar-refractivity contribution in [2.75, 3.05) is 0 Å². The molecule has 0 saturated heterocycles. The van der Waals surface area contributed by atoms with Gasteiger partial charge in [-0.15, -0.1) is 0 Å². The molecule has 78 valence electrons. The summed E-state index contributed by atoms with van der Waals surface area (Å²) in [4.78, 5) is 15.0. The number of hydrogen-bond donors (Lipinski definition) is 1. The van der Waals surface area contributed by atoms with Gasteiger partial charge in [-0.1, -0.05) is 0 Å². The zero-order valence-corrected chi connectivity index (χ0v) is 8.29. The van der Waals surface area contributed by atoms with Crippen LogP contribution in [-0.2, 0) is 0 Å². The standard InChI is InChI=1S/C11H8N4O/c16-7-8-3-10-11(9-4-13-14-5-9)12-1-2-15(10)6-8/h1-7H,(H,13,14). The Morgan fingerprint density at radius 3 is 3.12 bits per heavy atom. The van der Waals surface area contributed by atoms with Crippen LogP contribution in [0, 0.1) is 0 Å². The third kappa shape index (κ3) is 1.22. The van der Waals surface area contributed by atoms with Crippen molar-refractivity contribution in [2.24, 2.45) is 0 Å². The Balaban J connectivity index is 2.32. The second-order valence-corrected chi connectivity index (χ2v) is 3.45. The average molecular weight is 212 g/mol. The predicted octanol–water partition coefficient (Wildman–Crippen LogP) is 1.54. The van der Waals surface area contributed by atoms with E-state index in [1.807, 2.05) is 16.7 Å². The number of nitrogens with zero attached hydrogens (tertiary/aromatic N) is 3. The quantitative estimate of drug-likeness (QED) is 0.655. The van der Waals surface area contributed by atoms with E-state index in [0.29, 0.717) is 5.56 Å². The zero-order valence-electron chi connectivity index (χ0n) is 8.29. The topological polar surface area (TPSA) is 63.0 Å². The lowest BCUT2D eigenvalue weighted by molar-refractivity contribution is 0.112. The molecule has 1 N–H and O–H groups in total. The van der Waals surface area contributed by atoms with E-state index in [9.17, 15) is 4.79 Å². The third-order valence-corrected chi connectivity index (χ3v) is 2.45. The van der Waals surface area contributed by atoms with Gasteiger partial charge in [-0.2, -0.15) is 5.10 Å². The van der Waals surface area contributed by atoms with Crippen molar-refractivity contribution in [2.45, 2.75) is 0 Å². The molecule has 16 heavy (non-hydrogen) atoms. The lowest BCUT2D eigenvalue weighted by atomic mass is 10.2. The Morgan fingerprint density at radius 1 is 1.44 bits per heavy atom. The summed E-state index contributed by atoms with van der Waals surface area (Å²) in [6.07, 6.45) is 9.58. The number of nitrogens with one attached hydrogen (secondary N) is 1. The SMILES string of the molecule is O=Cc1cc2c(-c3cn[nH]c3)nccn2c1. The first-order valence-corrected chi connectivity index (χ1v) is 4.79. The molecule has 3 heterocycles. The molecule has 0 unspecified atom stereocenters. The molecule has 3 aromatic rings. The molecule has 0 bridgehead atoms. The van der Waals surface area contributed by atoms with Crippen LogP contribution in [0.4, 0.5) is 0 Å². The van der Waals surface area contributed by atoms with Gasteiger partial charge in [0.25, 0.3) is 0 Å². The first kappa shape index (κ1) is 8.84. The molecular weight excluding hydrogens is 204 g/mol. The number of hydrogen-bond acceptors (Lipinski definition) is 3. The molecule has 0 amide bonds. The van der Waals surface area contributed by atoms with E-state index >= 15 is 0 Å². The number of fused-ring (bicyclic) bond motifs is 1. The molecule has 3 rings (SSSR count). The van der Waals surface area contributed by atoms with Crippen molar-refractivity contribution in [3.8, 4) is 11.3 Å². The van der Waals surface area contributed by atoms with Crippen molar-refractivity contribution in [3.63, 3.8) is 0 Å². The molecule has 0 aliphatic carbocycles. The van der Waals surface area contributed by atoms with Crippen molar-refractivity contribution in [1.29, 1.82) is 0 Å².